The Morgan fingerprint density at radius 1 is 0.897 bits per heavy atom. The van der Waals surface area contributed by atoms with Gasteiger partial charge in [0.15, 0.2) is 5.82 Å². The Morgan fingerprint density at radius 3 is 2.59 bits per heavy atom. The van der Waals surface area contributed by atoms with Crippen molar-refractivity contribution in [3.05, 3.63) is 66.0 Å². The summed E-state index contributed by atoms with van der Waals surface area (Å²) < 4.78 is 0. The number of anilines is 1. The van der Waals surface area contributed by atoms with Gasteiger partial charge in [-0.2, -0.15) is 5.26 Å². The Balaban J connectivity index is 1.55. The van der Waals surface area contributed by atoms with E-state index in [9.17, 15) is 0 Å². The van der Waals surface area contributed by atoms with Crippen LogP contribution in [0.3, 0.4) is 0 Å². The molecule has 0 saturated carbocycles. The first-order valence-electron chi connectivity index (χ1n) is 10.3. The number of nitriles is 1. The van der Waals surface area contributed by atoms with Gasteiger partial charge in [0, 0.05) is 24.8 Å². The number of benzene rings is 2. The molecule has 2 N–H and O–H groups in total. The largest absolute Gasteiger partial charge is 0.368 e. The van der Waals surface area contributed by atoms with Crippen LogP contribution in [0.2, 0.25) is 0 Å². The zero-order valence-electron chi connectivity index (χ0n) is 16.5. The molecule has 4 rings (SSSR count). The molecule has 0 unspecified atom stereocenters. The fourth-order valence-electron chi connectivity index (χ4n) is 3.63. The molecular weight excluding hydrogens is 358 g/mol. The predicted molar refractivity (Wildman–Crippen MR) is 118 cm³/mol. The molecule has 0 spiro atoms. The Morgan fingerprint density at radius 2 is 1.72 bits per heavy atom. The number of nitrogens with one attached hydrogen (secondary N) is 2. The number of aromatic nitrogens is 3. The molecule has 0 radical (unpaired) electrons. The summed E-state index contributed by atoms with van der Waals surface area (Å²) in [6, 6.07) is 20.9. The summed E-state index contributed by atoms with van der Waals surface area (Å²) in [5, 5.41) is 13.3. The summed E-state index contributed by atoms with van der Waals surface area (Å²) in [6.07, 6.45) is 5.48. The first kappa shape index (κ1) is 18.9. The number of hydrogen-bond donors (Lipinski definition) is 2. The van der Waals surface area contributed by atoms with Crippen molar-refractivity contribution in [2.24, 2.45) is 0 Å². The van der Waals surface area contributed by atoms with Gasteiger partial charge in [0.05, 0.1) is 17.1 Å². The van der Waals surface area contributed by atoms with Gasteiger partial charge in [-0.05, 0) is 30.9 Å². The van der Waals surface area contributed by atoms with Crippen molar-refractivity contribution in [2.45, 2.75) is 38.5 Å². The highest BCUT2D eigenvalue weighted by atomic mass is 15.0. The van der Waals surface area contributed by atoms with E-state index in [1.165, 1.54) is 5.56 Å². The van der Waals surface area contributed by atoms with Crippen molar-refractivity contribution >= 4 is 27.8 Å². The van der Waals surface area contributed by atoms with Crippen LogP contribution in [0.25, 0.3) is 21.9 Å². The van der Waals surface area contributed by atoms with Crippen LogP contribution in [-0.2, 0) is 12.8 Å². The van der Waals surface area contributed by atoms with E-state index in [-0.39, 0.29) is 0 Å². The van der Waals surface area contributed by atoms with Gasteiger partial charge in [0.25, 0.3) is 0 Å². The van der Waals surface area contributed by atoms with Gasteiger partial charge in [-0.1, -0.05) is 55.0 Å². The number of aromatic amines is 1. The van der Waals surface area contributed by atoms with E-state index in [0.29, 0.717) is 6.42 Å². The molecule has 0 atom stereocenters. The van der Waals surface area contributed by atoms with Crippen LogP contribution in [-0.4, -0.2) is 21.5 Å². The van der Waals surface area contributed by atoms with Crippen molar-refractivity contribution in [1.29, 1.82) is 5.26 Å². The zero-order valence-corrected chi connectivity index (χ0v) is 16.5. The van der Waals surface area contributed by atoms with Gasteiger partial charge in [-0.3, -0.25) is 0 Å². The van der Waals surface area contributed by atoms with E-state index in [1.807, 2.05) is 24.3 Å². The van der Waals surface area contributed by atoms with Gasteiger partial charge in [0.1, 0.15) is 11.3 Å². The van der Waals surface area contributed by atoms with E-state index in [4.69, 9.17) is 15.2 Å². The van der Waals surface area contributed by atoms with Crippen molar-refractivity contribution in [3.63, 3.8) is 0 Å². The van der Waals surface area contributed by atoms with Crippen LogP contribution in [0, 0.1) is 11.3 Å². The van der Waals surface area contributed by atoms with E-state index < -0.39 is 0 Å². The molecule has 0 aliphatic rings. The lowest BCUT2D eigenvalue weighted by molar-refractivity contribution is 0.677. The lowest BCUT2D eigenvalue weighted by Gasteiger charge is -2.08. The van der Waals surface area contributed by atoms with Crippen molar-refractivity contribution in [2.75, 3.05) is 11.9 Å². The summed E-state index contributed by atoms with van der Waals surface area (Å²) in [5.74, 6) is 1.82. The molecule has 2 aromatic carbocycles. The Hall–Kier alpha value is -3.39. The van der Waals surface area contributed by atoms with Crippen molar-refractivity contribution in [3.8, 4) is 6.07 Å². The van der Waals surface area contributed by atoms with E-state index >= 15 is 0 Å². The Kier molecular flexibility index (Phi) is 6.01. The van der Waals surface area contributed by atoms with Gasteiger partial charge in [0.2, 0.25) is 0 Å². The van der Waals surface area contributed by atoms with Crippen LogP contribution < -0.4 is 5.32 Å². The molecule has 0 amide bonds. The Labute approximate surface area is 170 Å². The normalized spacial score (nSPS) is 11.0. The van der Waals surface area contributed by atoms with Crippen molar-refractivity contribution in [1.82, 2.24) is 15.0 Å². The first-order valence-corrected chi connectivity index (χ1v) is 10.3. The zero-order chi connectivity index (χ0) is 19.9. The SMILES string of the molecule is N#CCCCCCc1nc2c(NCCc3ccccc3)nc3ccccc3c2[nH]1. The van der Waals surface area contributed by atoms with Crippen LogP contribution in [0.1, 0.15) is 37.1 Å². The lowest BCUT2D eigenvalue weighted by atomic mass is 10.1. The monoisotopic (exact) mass is 383 g/mol. The third-order valence-electron chi connectivity index (χ3n) is 5.13. The number of rotatable bonds is 9. The number of unbranched alkanes of at least 4 members (excludes halogenated alkanes) is 3. The number of pyridine rings is 1. The maximum absolute atomic E-state index is 8.67. The highest BCUT2D eigenvalue weighted by molar-refractivity contribution is 6.06. The number of nitrogens with zero attached hydrogens (tertiary/aromatic N) is 3. The van der Waals surface area contributed by atoms with Crippen LogP contribution in [0.4, 0.5) is 5.82 Å². The third-order valence-corrected chi connectivity index (χ3v) is 5.13. The molecule has 0 aliphatic heterocycles. The minimum Gasteiger partial charge on any atom is -0.368 e. The molecule has 2 aromatic heterocycles. The molecule has 0 bridgehead atoms. The maximum Gasteiger partial charge on any atom is 0.154 e. The number of H-pyrrole nitrogens is 1. The molecule has 0 aliphatic carbocycles. The highest BCUT2D eigenvalue weighted by Crippen LogP contribution is 2.28. The second kappa shape index (κ2) is 9.20. The van der Waals surface area contributed by atoms with Gasteiger partial charge in [-0.15, -0.1) is 0 Å². The molecule has 2 heterocycles. The number of hydrogen-bond acceptors (Lipinski definition) is 4. The quantitative estimate of drug-likeness (QED) is 0.380. The number of para-hydroxylation sites is 1. The molecule has 5 nitrogen and oxygen atoms in total. The molecule has 146 valence electrons. The molecule has 29 heavy (non-hydrogen) atoms. The van der Waals surface area contributed by atoms with E-state index in [0.717, 1.165) is 72.2 Å². The summed E-state index contributed by atoms with van der Waals surface area (Å²) in [7, 11) is 0. The predicted octanol–water partition coefficient (Wildman–Crippen LogP) is 5.39. The summed E-state index contributed by atoms with van der Waals surface area (Å²) in [6.45, 7) is 0.806. The van der Waals surface area contributed by atoms with Crippen molar-refractivity contribution < 1.29 is 0 Å². The second-order valence-electron chi connectivity index (χ2n) is 7.27. The van der Waals surface area contributed by atoms with Crippen LogP contribution >= 0.6 is 0 Å². The third kappa shape index (κ3) is 4.55. The summed E-state index contributed by atoms with van der Waals surface area (Å²) >= 11 is 0. The average molecular weight is 383 g/mol. The molecule has 5 heteroatoms. The van der Waals surface area contributed by atoms with Gasteiger partial charge >= 0.3 is 0 Å². The summed E-state index contributed by atoms with van der Waals surface area (Å²) in [4.78, 5) is 13.2. The smallest absolute Gasteiger partial charge is 0.154 e. The van der Waals surface area contributed by atoms with E-state index in [1.54, 1.807) is 0 Å². The molecular formula is C24H25N5. The first-order chi connectivity index (χ1) is 14.3. The lowest BCUT2D eigenvalue weighted by Crippen LogP contribution is -2.07. The van der Waals surface area contributed by atoms with Crippen LogP contribution in [0.15, 0.2) is 54.6 Å². The fraction of sp³-hybridized carbons (Fsp3) is 0.292. The van der Waals surface area contributed by atoms with E-state index in [2.05, 4.69) is 46.7 Å². The second-order valence-corrected chi connectivity index (χ2v) is 7.27. The highest BCUT2D eigenvalue weighted by Gasteiger charge is 2.13. The molecule has 0 fully saturated rings. The molecule has 0 saturated heterocycles. The Bertz CT molecular complexity index is 1120. The van der Waals surface area contributed by atoms with Crippen LogP contribution in [0.5, 0.6) is 0 Å². The number of aryl methyl sites for hydroxylation is 1. The van der Waals surface area contributed by atoms with Gasteiger partial charge in [-0.25, -0.2) is 9.97 Å². The average Bonchev–Trinajstić information content (AvgIpc) is 3.19. The minimum atomic E-state index is 0.629. The van der Waals surface area contributed by atoms with Gasteiger partial charge < -0.3 is 10.3 Å². The number of imidazole rings is 1. The maximum atomic E-state index is 8.67. The summed E-state index contributed by atoms with van der Waals surface area (Å²) in [5.41, 5.74) is 4.22. The fourth-order valence-corrected chi connectivity index (χ4v) is 3.63. The topological polar surface area (TPSA) is 77.4 Å². The minimum absolute atomic E-state index is 0.629. The standard InChI is InChI=1S/C24H25N5/c25-16-9-2-1-6-14-21-28-22-19-12-7-8-13-20(19)27-24(23(22)29-21)26-17-15-18-10-4-3-5-11-18/h3-5,7-8,10-13H,1-2,6,9,14-15,17H2,(H,26,27)(H,28,29). The molecule has 4 aromatic rings. The number of fused-ring (bicyclic) bond motifs is 3.